The summed E-state index contributed by atoms with van der Waals surface area (Å²) in [6, 6.07) is 8.65. The SMILES string of the molecule is CC(C)c1nc2c(c(C3=CCCC3)c1C(O)c1ccc(C(C)(C)C)cc1)[C@H](O[Si](C)(C)C(C)(C)C)CC1(CCC1)C2. The van der Waals surface area contributed by atoms with Gasteiger partial charge in [0.15, 0.2) is 8.32 Å². The van der Waals surface area contributed by atoms with E-state index in [1.165, 1.54) is 53.6 Å². The van der Waals surface area contributed by atoms with Crippen LogP contribution in [0.4, 0.5) is 0 Å². The quantitative estimate of drug-likeness (QED) is 0.350. The number of nitrogens with zero attached hydrogens (tertiary/aromatic N) is 1. The molecule has 1 aromatic carbocycles. The van der Waals surface area contributed by atoms with Gasteiger partial charge in [-0.15, -0.1) is 0 Å². The first-order chi connectivity index (χ1) is 19.0. The van der Waals surface area contributed by atoms with Crippen LogP contribution in [0.3, 0.4) is 0 Å². The van der Waals surface area contributed by atoms with E-state index in [1.807, 2.05) is 0 Å². The molecule has 1 aromatic heterocycles. The summed E-state index contributed by atoms with van der Waals surface area (Å²) in [6.45, 7) is 23.0. The van der Waals surface area contributed by atoms with Gasteiger partial charge in [-0.25, -0.2) is 0 Å². The molecule has 1 spiro atoms. The smallest absolute Gasteiger partial charge is 0.192 e. The highest BCUT2D eigenvalue weighted by Crippen LogP contribution is 2.58. The van der Waals surface area contributed by atoms with Crippen molar-refractivity contribution in [2.45, 2.75) is 148 Å². The van der Waals surface area contributed by atoms with Gasteiger partial charge >= 0.3 is 0 Å². The highest BCUT2D eigenvalue weighted by Gasteiger charge is 2.49. The maximum Gasteiger partial charge on any atom is 0.192 e. The van der Waals surface area contributed by atoms with Crippen molar-refractivity contribution in [2.24, 2.45) is 5.41 Å². The van der Waals surface area contributed by atoms with Gasteiger partial charge in [0.1, 0.15) is 6.10 Å². The van der Waals surface area contributed by atoms with Crippen LogP contribution < -0.4 is 0 Å². The molecule has 3 aliphatic carbocycles. The van der Waals surface area contributed by atoms with Crippen molar-refractivity contribution in [3.63, 3.8) is 0 Å². The molecule has 0 bridgehead atoms. The molecule has 3 nitrogen and oxygen atoms in total. The summed E-state index contributed by atoms with van der Waals surface area (Å²) in [5.41, 5.74) is 9.99. The maximum atomic E-state index is 12.3. The van der Waals surface area contributed by atoms with Gasteiger partial charge in [0.25, 0.3) is 0 Å². The predicted molar refractivity (Wildman–Crippen MR) is 175 cm³/mol. The molecule has 0 radical (unpaired) electrons. The van der Waals surface area contributed by atoms with Gasteiger partial charge in [0.2, 0.25) is 0 Å². The third kappa shape index (κ3) is 5.78. The number of benzene rings is 1. The largest absolute Gasteiger partial charge is 0.410 e. The summed E-state index contributed by atoms with van der Waals surface area (Å²) in [5.74, 6) is 0.221. The topological polar surface area (TPSA) is 42.4 Å². The molecular weight excluding hydrogens is 518 g/mol. The monoisotopic (exact) mass is 573 g/mol. The zero-order valence-corrected chi connectivity index (χ0v) is 28.6. The molecule has 1 unspecified atom stereocenters. The Morgan fingerprint density at radius 2 is 1.66 bits per heavy atom. The highest BCUT2D eigenvalue weighted by molar-refractivity contribution is 6.74. The molecule has 5 rings (SSSR count). The second kappa shape index (κ2) is 10.8. The van der Waals surface area contributed by atoms with Crippen LogP contribution in [-0.4, -0.2) is 18.4 Å². The first kappa shape index (κ1) is 30.7. The van der Waals surface area contributed by atoms with Crippen molar-refractivity contribution < 1.29 is 9.53 Å². The Morgan fingerprint density at radius 1 is 1.00 bits per heavy atom. The summed E-state index contributed by atoms with van der Waals surface area (Å²) in [7, 11) is -2.05. The van der Waals surface area contributed by atoms with Crippen molar-refractivity contribution in [1.29, 1.82) is 0 Å². The molecule has 3 aliphatic rings. The van der Waals surface area contributed by atoms with Gasteiger partial charge in [-0.2, -0.15) is 0 Å². The number of allylic oxidation sites excluding steroid dienone is 2. The summed E-state index contributed by atoms with van der Waals surface area (Å²) < 4.78 is 7.39. The van der Waals surface area contributed by atoms with Crippen molar-refractivity contribution in [1.82, 2.24) is 4.98 Å². The van der Waals surface area contributed by atoms with Crippen LogP contribution in [0, 0.1) is 5.41 Å². The summed E-state index contributed by atoms with van der Waals surface area (Å²) in [6.07, 6.45) is 11.1. The lowest BCUT2D eigenvalue weighted by molar-refractivity contribution is 0.0296. The molecule has 0 saturated heterocycles. The minimum Gasteiger partial charge on any atom is -0.410 e. The standard InChI is InChI=1S/C37H55NO2Si/c1-24(2)33-32(34(39)26-16-18-27(19-17-26)35(3,4)5)30(25-14-11-12-15-25)31-28(38-33)22-37(20-13-21-37)23-29(31)40-41(9,10)36(6,7)8/h14,16-19,24,29,34,39H,11-13,15,20-23H2,1-10H3/t29-,34?/m1/s1. The van der Waals surface area contributed by atoms with Crippen LogP contribution in [-0.2, 0) is 16.3 Å². The van der Waals surface area contributed by atoms with Gasteiger partial charge < -0.3 is 9.53 Å². The van der Waals surface area contributed by atoms with E-state index < -0.39 is 14.4 Å². The molecule has 1 N–H and O–H groups in total. The Balaban J connectivity index is 1.73. The average Bonchev–Trinajstić information content (AvgIpc) is 3.39. The van der Waals surface area contributed by atoms with Crippen LogP contribution in [0.15, 0.2) is 30.3 Å². The van der Waals surface area contributed by atoms with E-state index >= 15 is 0 Å². The average molecular weight is 574 g/mol. The first-order valence-electron chi connectivity index (χ1n) is 16.3. The zero-order valence-electron chi connectivity index (χ0n) is 27.6. The van der Waals surface area contributed by atoms with E-state index in [2.05, 4.69) is 98.8 Å². The Labute approximate surface area is 251 Å². The number of aliphatic hydroxyl groups is 1. The molecule has 1 heterocycles. The van der Waals surface area contributed by atoms with Gasteiger partial charge in [-0.3, -0.25) is 4.98 Å². The number of aliphatic hydroxyl groups excluding tert-OH is 1. The zero-order chi connectivity index (χ0) is 30.0. The molecular formula is C37H55NO2Si. The van der Waals surface area contributed by atoms with Crippen molar-refractivity contribution in [3.8, 4) is 0 Å². The molecule has 2 atom stereocenters. The lowest BCUT2D eigenvalue weighted by atomic mass is 9.59. The fraction of sp³-hybridized carbons (Fsp3) is 0.649. The molecule has 2 aromatic rings. The van der Waals surface area contributed by atoms with Crippen LogP contribution in [0.5, 0.6) is 0 Å². The van der Waals surface area contributed by atoms with Gasteiger partial charge in [0.05, 0.1) is 6.10 Å². The van der Waals surface area contributed by atoms with Crippen molar-refractivity contribution in [3.05, 3.63) is 69.5 Å². The second-order valence-electron chi connectivity index (χ2n) is 16.3. The number of pyridine rings is 1. The van der Waals surface area contributed by atoms with Crippen molar-refractivity contribution >= 4 is 13.9 Å². The van der Waals surface area contributed by atoms with E-state index in [1.54, 1.807) is 0 Å². The third-order valence-corrected chi connectivity index (χ3v) is 15.3. The van der Waals surface area contributed by atoms with E-state index in [-0.39, 0.29) is 22.5 Å². The maximum absolute atomic E-state index is 12.3. The van der Waals surface area contributed by atoms with Gasteiger partial charge in [-0.1, -0.05) is 92.2 Å². The van der Waals surface area contributed by atoms with E-state index in [0.717, 1.165) is 42.5 Å². The minimum atomic E-state index is -2.05. The molecule has 1 saturated carbocycles. The second-order valence-corrected chi connectivity index (χ2v) is 21.1. The lowest BCUT2D eigenvalue weighted by Crippen LogP contribution is -2.46. The Hall–Kier alpha value is -1.75. The normalized spacial score (nSPS) is 21.6. The van der Waals surface area contributed by atoms with Crippen LogP contribution in [0.25, 0.3) is 5.57 Å². The highest BCUT2D eigenvalue weighted by atomic mass is 28.4. The molecule has 4 heteroatoms. The third-order valence-electron chi connectivity index (χ3n) is 10.8. The van der Waals surface area contributed by atoms with Crippen molar-refractivity contribution in [2.75, 3.05) is 0 Å². The van der Waals surface area contributed by atoms with E-state index in [9.17, 15) is 5.11 Å². The molecule has 41 heavy (non-hydrogen) atoms. The number of hydrogen-bond acceptors (Lipinski definition) is 3. The molecule has 1 fully saturated rings. The molecule has 224 valence electrons. The summed E-state index contributed by atoms with van der Waals surface area (Å²) in [4.78, 5) is 5.52. The molecule has 0 aliphatic heterocycles. The van der Waals surface area contributed by atoms with Crippen LogP contribution >= 0.6 is 0 Å². The number of hydrogen-bond donors (Lipinski definition) is 1. The summed E-state index contributed by atoms with van der Waals surface area (Å²) >= 11 is 0. The molecule has 0 amide bonds. The lowest BCUT2D eigenvalue weighted by Gasteiger charge is -2.51. The first-order valence-corrected chi connectivity index (χ1v) is 19.2. The summed E-state index contributed by atoms with van der Waals surface area (Å²) in [5, 5.41) is 12.4. The Bertz CT molecular complexity index is 1300. The number of rotatable bonds is 6. The van der Waals surface area contributed by atoms with E-state index in [4.69, 9.17) is 9.41 Å². The fourth-order valence-electron chi connectivity index (χ4n) is 7.07. The van der Waals surface area contributed by atoms with Gasteiger partial charge in [-0.05, 0) is 102 Å². The Morgan fingerprint density at radius 3 is 2.15 bits per heavy atom. The van der Waals surface area contributed by atoms with Crippen LogP contribution in [0.2, 0.25) is 18.1 Å². The minimum absolute atomic E-state index is 0.0411. The fourth-order valence-corrected chi connectivity index (χ4v) is 8.34. The Kier molecular flexibility index (Phi) is 8.05. The van der Waals surface area contributed by atoms with Gasteiger partial charge in [0, 0.05) is 22.5 Å². The number of aromatic nitrogens is 1. The predicted octanol–water partition coefficient (Wildman–Crippen LogP) is 10.3. The number of fused-ring (bicyclic) bond motifs is 1. The van der Waals surface area contributed by atoms with Crippen LogP contribution in [0.1, 0.15) is 158 Å². The van der Waals surface area contributed by atoms with E-state index in [0.29, 0.717) is 5.41 Å².